The average Bonchev–Trinajstić information content (AvgIpc) is 3.01. The normalized spacial score (nSPS) is 15.7. The molecule has 29 heavy (non-hydrogen) atoms. The number of hydrogen-bond donors (Lipinski definition) is 0. The highest BCUT2D eigenvalue weighted by Crippen LogP contribution is 2.42. The van der Waals surface area contributed by atoms with Gasteiger partial charge in [-0.3, -0.25) is 14.5 Å². The Morgan fingerprint density at radius 2 is 1.69 bits per heavy atom. The molecule has 0 fully saturated rings. The van der Waals surface area contributed by atoms with Crippen LogP contribution in [-0.2, 0) is 0 Å². The molecule has 5 rings (SSSR count). The summed E-state index contributed by atoms with van der Waals surface area (Å²) in [6.45, 7) is 1.91. The fourth-order valence-electron chi connectivity index (χ4n) is 3.95. The molecular weight excluding hydrogens is 369 g/mol. The Bertz CT molecular complexity index is 1340. The minimum absolute atomic E-state index is 0.0385. The van der Waals surface area contributed by atoms with E-state index < -0.39 is 17.8 Å². The summed E-state index contributed by atoms with van der Waals surface area (Å²) < 4.78 is 20.7. The zero-order valence-electron chi connectivity index (χ0n) is 15.6. The number of benzene rings is 3. The number of halogens is 1. The van der Waals surface area contributed by atoms with E-state index in [1.54, 1.807) is 48.5 Å². The lowest BCUT2D eigenvalue weighted by molar-refractivity contribution is 0.0971. The first-order chi connectivity index (χ1) is 14.1. The zero-order chi connectivity index (χ0) is 20.1. The molecule has 4 nitrogen and oxygen atoms in total. The van der Waals surface area contributed by atoms with E-state index in [1.807, 2.05) is 25.1 Å². The summed E-state index contributed by atoms with van der Waals surface area (Å²) >= 11 is 0. The third kappa shape index (κ3) is 2.58. The van der Waals surface area contributed by atoms with Gasteiger partial charge in [0.1, 0.15) is 11.4 Å². The van der Waals surface area contributed by atoms with Gasteiger partial charge in [-0.05, 0) is 42.8 Å². The Hall–Kier alpha value is -3.73. The molecule has 1 amide bonds. The van der Waals surface area contributed by atoms with E-state index in [2.05, 4.69) is 0 Å². The van der Waals surface area contributed by atoms with Gasteiger partial charge in [0.15, 0.2) is 5.43 Å². The van der Waals surface area contributed by atoms with Crippen LogP contribution in [0.25, 0.3) is 11.0 Å². The number of anilines is 1. The predicted molar refractivity (Wildman–Crippen MR) is 109 cm³/mol. The Morgan fingerprint density at radius 3 is 2.48 bits per heavy atom. The lowest BCUT2D eigenvalue weighted by Gasteiger charge is -2.25. The summed E-state index contributed by atoms with van der Waals surface area (Å²) in [7, 11) is 0. The molecular formula is C24H16FNO3. The van der Waals surface area contributed by atoms with Crippen LogP contribution in [0.2, 0.25) is 0 Å². The Balaban J connectivity index is 1.86. The maximum Gasteiger partial charge on any atom is 0.295 e. The number of rotatable bonds is 2. The van der Waals surface area contributed by atoms with Gasteiger partial charge in [-0.25, -0.2) is 4.39 Å². The van der Waals surface area contributed by atoms with Crippen molar-refractivity contribution in [1.29, 1.82) is 0 Å². The van der Waals surface area contributed by atoms with Gasteiger partial charge in [0.2, 0.25) is 5.76 Å². The monoisotopic (exact) mass is 385 g/mol. The molecule has 142 valence electrons. The molecule has 0 N–H and O–H groups in total. The number of fused-ring (bicyclic) bond motifs is 2. The van der Waals surface area contributed by atoms with Crippen LogP contribution in [0.15, 0.2) is 82.0 Å². The van der Waals surface area contributed by atoms with Crippen molar-refractivity contribution in [2.24, 2.45) is 0 Å². The highest BCUT2D eigenvalue weighted by molar-refractivity contribution is 6.10. The molecule has 0 aliphatic carbocycles. The number of carbonyl (C=O) groups excluding carboxylic acids is 1. The van der Waals surface area contributed by atoms with E-state index >= 15 is 0 Å². The predicted octanol–water partition coefficient (Wildman–Crippen LogP) is 4.99. The van der Waals surface area contributed by atoms with Crippen molar-refractivity contribution in [2.45, 2.75) is 13.0 Å². The van der Waals surface area contributed by atoms with E-state index in [0.717, 1.165) is 5.56 Å². The molecule has 0 radical (unpaired) electrons. The smallest absolute Gasteiger partial charge is 0.295 e. The molecule has 1 aliphatic rings. The van der Waals surface area contributed by atoms with Crippen LogP contribution < -0.4 is 10.3 Å². The SMILES string of the molecule is Cc1cccc(N2C(=O)c3oc4ccccc4c(=O)c3C2c2ccccc2F)c1. The second-order valence-electron chi connectivity index (χ2n) is 7.11. The van der Waals surface area contributed by atoms with Crippen LogP contribution in [0, 0.1) is 12.7 Å². The molecule has 1 aromatic heterocycles. The van der Waals surface area contributed by atoms with Gasteiger partial charge in [-0.15, -0.1) is 0 Å². The summed E-state index contributed by atoms with van der Waals surface area (Å²) in [6, 6.07) is 19.4. The molecule has 1 aliphatic heterocycles. The van der Waals surface area contributed by atoms with Gasteiger partial charge in [0, 0.05) is 11.3 Å². The maximum atomic E-state index is 14.8. The zero-order valence-corrected chi connectivity index (χ0v) is 15.6. The first-order valence-corrected chi connectivity index (χ1v) is 9.26. The van der Waals surface area contributed by atoms with E-state index in [0.29, 0.717) is 16.7 Å². The minimum Gasteiger partial charge on any atom is -0.450 e. The molecule has 0 spiro atoms. The first kappa shape index (κ1) is 17.4. The topological polar surface area (TPSA) is 50.5 Å². The molecule has 1 atom stereocenters. The number of hydrogen-bond acceptors (Lipinski definition) is 3. The molecule has 1 unspecified atom stereocenters. The number of carbonyl (C=O) groups is 1. The number of nitrogens with zero attached hydrogens (tertiary/aromatic N) is 1. The molecule has 0 saturated carbocycles. The number of amides is 1. The summed E-state index contributed by atoms with van der Waals surface area (Å²) in [5, 5.41) is 0.367. The third-order valence-corrected chi connectivity index (χ3v) is 5.26. The first-order valence-electron chi connectivity index (χ1n) is 9.26. The van der Waals surface area contributed by atoms with Crippen molar-refractivity contribution < 1.29 is 13.6 Å². The number of aryl methyl sites for hydroxylation is 1. The fourth-order valence-corrected chi connectivity index (χ4v) is 3.95. The van der Waals surface area contributed by atoms with Gasteiger partial charge >= 0.3 is 0 Å². The lowest BCUT2D eigenvalue weighted by Crippen LogP contribution is -2.30. The van der Waals surface area contributed by atoms with E-state index in [1.165, 1.54) is 11.0 Å². The van der Waals surface area contributed by atoms with Crippen molar-refractivity contribution in [3.05, 3.63) is 111 Å². The van der Waals surface area contributed by atoms with Gasteiger partial charge < -0.3 is 4.42 Å². The minimum atomic E-state index is -0.902. The van der Waals surface area contributed by atoms with Crippen LogP contribution in [-0.4, -0.2) is 5.91 Å². The van der Waals surface area contributed by atoms with Gasteiger partial charge in [0.25, 0.3) is 5.91 Å². The van der Waals surface area contributed by atoms with Crippen LogP contribution >= 0.6 is 0 Å². The Morgan fingerprint density at radius 1 is 0.931 bits per heavy atom. The average molecular weight is 385 g/mol. The second-order valence-corrected chi connectivity index (χ2v) is 7.11. The highest BCUT2D eigenvalue weighted by Gasteiger charge is 2.44. The van der Waals surface area contributed by atoms with Crippen molar-refractivity contribution >= 4 is 22.6 Å². The van der Waals surface area contributed by atoms with Crippen molar-refractivity contribution in [3.63, 3.8) is 0 Å². The second kappa shape index (κ2) is 6.41. The summed E-state index contributed by atoms with van der Waals surface area (Å²) in [4.78, 5) is 28.2. The van der Waals surface area contributed by atoms with Gasteiger partial charge in [-0.2, -0.15) is 0 Å². The summed E-state index contributed by atoms with van der Waals surface area (Å²) in [6.07, 6.45) is 0. The van der Waals surface area contributed by atoms with Crippen molar-refractivity contribution in [1.82, 2.24) is 0 Å². The van der Waals surface area contributed by atoms with Crippen molar-refractivity contribution in [2.75, 3.05) is 4.90 Å². The quantitative estimate of drug-likeness (QED) is 0.488. The molecule has 5 heteroatoms. The standard InChI is InChI=1S/C24H16FNO3/c1-14-7-6-8-15(13-14)26-21(16-9-2-4-11-18(16)25)20-22(27)17-10-3-5-12-19(17)29-23(20)24(26)28/h2-13,21H,1H3. The van der Waals surface area contributed by atoms with Crippen LogP contribution in [0.5, 0.6) is 0 Å². The Labute approximate surface area is 165 Å². The highest BCUT2D eigenvalue weighted by atomic mass is 19.1. The van der Waals surface area contributed by atoms with Crippen LogP contribution in [0.1, 0.15) is 33.3 Å². The molecule has 4 aromatic rings. The fraction of sp³-hybridized carbons (Fsp3) is 0.0833. The van der Waals surface area contributed by atoms with E-state index in [4.69, 9.17) is 4.42 Å². The summed E-state index contributed by atoms with van der Waals surface area (Å²) in [5.74, 6) is -0.978. The van der Waals surface area contributed by atoms with E-state index in [-0.39, 0.29) is 22.3 Å². The number of para-hydroxylation sites is 1. The van der Waals surface area contributed by atoms with Crippen LogP contribution in [0.3, 0.4) is 0 Å². The largest absolute Gasteiger partial charge is 0.450 e. The van der Waals surface area contributed by atoms with Gasteiger partial charge in [0.05, 0.1) is 17.0 Å². The molecule has 0 saturated heterocycles. The van der Waals surface area contributed by atoms with Crippen LogP contribution in [0.4, 0.5) is 10.1 Å². The molecule has 3 aromatic carbocycles. The molecule has 0 bridgehead atoms. The molecule has 2 heterocycles. The lowest BCUT2D eigenvalue weighted by atomic mass is 9.97. The third-order valence-electron chi connectivity index (χ3n) is 5.26. The summed E-state index contributed by atoms with van der Waals surface area (Å²) in [5.41, 5.74) is 1.96. The van der Waals surface area contributed by atoms with Crippen molar-refractivity contribution in [3.8, 4) is 0 Å². The Kier molecular flexibility index (Phi) is 3.84. The van der Waals surface area contributed by atoms with E-state index in [9.17, 15) is 14.0 Å². The van der Waals surface area contributed by atoms with Gasteiger partial charge in [-0.1, -0.05) is 42.5 Å². The maximum absolute atomic E-state index is 14.8.